The van der Waals surface area contributed by atoms with Crippen LogP contribution in [0, 0.1) is 5.92 Å². The zero-order chi connectivity index (χ0) is 13.5. The molecule has 0 bridgehead atoms. The SMILES string of the molecule is CC(C)CCC(C)NCCN1CC(C)OCC1C. The van der Waals surface area contributed by atoms with E-state index in [1.807, 2.05) is 0 Å². The molecule has 1 rings (SSSR count). The quantitative estimate of drug-likeness (QED) is 0.757. The van der Waals surface area contributed by atoms with E-state index in [2.05, 4.69) is 44.8 Å². The third kappa shape index (κ3) is 6.17. The van der Waals surface area contributed by atoms with E-state index in [9.17, 15) is 0 Å². The number of nitrogens with zero attached hydrogens (tertiary/aromatic N) is 1. The zero-order valence-electron chi connectivity index (χ0n) is 12.9. The van der Waals surface area contributed by atoms with Crippen LogP contribution in [-0.2, 0) is 4.74 Å². The van der Waals surface area contributed by atoms with Gasteiger partial charge in [-0.3, -0.25) is 4.90 Å². The predicted molar refractivity (Wildman–Crippen MR) is 78.0 cm³/mol. The molecule has 3 nitrogen and oxygen atoms in total. The highest BCUT2D eigenvalue weighted by atomic mass is 16.5. The van der Waals surface area contributed by atoms with Crippen LogP contribution in [0.4, 0.5) is 0 Å². The molecule has 1 fully saturated rings. The van der Waals surface area contributed by atoms with Crippen molar-refractivity contribution < 1.29 is 4.74 Å². The molecule has 0 aromatic heterocycles. The van der Waals surface area contributed by atoms with Crippen molar-refractivity contribution in [3.05, 3.63) is 0 Å². The number of rotatable bonds is 7. The summed E-state index contributed by atoms with van der Waals surface area (Å²) in [6, 6.07) is 1.20. The van der Waals surface area contributed by atoms with Gasteiger partial charge in [0.1, 0.15) is 0 Å². The van der Waals surface area contributed by atoms with Crippen LogP contribution in [0.1, 0.15) is 47.5 Å². The van der Waals surface area contributed by atoms with Gasteiger partial charge in [0.15, 0.2) is 0 Å². The van der Waals surface area contributed by atoms with Crippen molar-refractivity contribution in [2.75, 3.05) is 26.2 Å². The van der Waals surface area contributed by atoms with Gasteiger partial charge in [-0.1, -0.05) is 13.8 Å². The Labute approximate surface area is 113 Å². The fourth-order valence-corrected chi connectivity index (χ4v) is 2.42. The van der Waals surface area contributed by atoms with Crippen molar-refractivity contribution in [1.82, 2.24) is 10.2 Å². The Bertz CT molecular complexity index is 221. The van der Waals surface area contributed by atoms with E-state index < -0.39 is 0 Å². The molecule has 1 heterocycles. The third-order valence-electron chi connectivity index (χ3n) is 3.81. The molecule has 1 saturated heterocycles. The smallest absolute Gasteiger partial charge is 0.0674 e. The highest BCUT2D eigenvalue weighted by Gasteiger charge is 2.22. The van der Waals surface area contributed by atoms with Gasteiger partial charge < -0.3 is 10.1 Å². The van der Waals surface area contributed by atoms with Crippen molar-refractivity contribution >= 4 is 0 Å². The monoisotopic (exact) mass is 256 g/mol. The molecule has 0 radical (unpaired) electrons. The summed E-state index contributed by atoms with van der Waals surface area (Å²) < 4.78 is 5.65. The molecule has 0 aliphatic carbocycles. The van der Waals surface area contributed by atoms with E-state index in [-0.39, 0.29) is 0 Å². The number of hydrogen-bond acceptors (Lipinski definition) is 3. The average Bonchev–Trinajstić information content (AvgIpc) is 2.31. The van der Waals surface area contributed by atoms with Crippen molar-refractivity contribution in [2.24, 2.45) is 5.92 Å². The van der Waals surface area contributed by atoms with Crippen LogP contribution >= 0.6 is 0 Å². The molecule has 0 amide bonds. The highest BCUT2D eigenvalue weighted by molar-refractivity contribution is 4.76. The summed E-state index contributed by atoms with van der Waals surface area (Å²) in [5.41, 5.74) is 0. The topological polar surface area (TPSA) is 24.5 Å². The Balaban J connectivity index is 2.12. The molecule has 18 heavy (non-hydrogen) atoms. The molecule has 3 heteroatoms. The van der Waals surface area contributed by atoms with Crippen molar-refractivity contribution in [3.8, 4) is 0 Å². The normalized spacial score (nSPS) is 27.7. The molecular formula is C15H32N2O. The molecule has 0 saturated carbocycles. The minimum absolute atomic E-state index is 0.388. The van der Waals surface area contributed by atoms with Gasteiger partial charge >= 0.3 is 0 Å². The number of nitrogens with one attached hydrogen (secondary N) is 1. The highest BCUT2D eigenvalue weighted by Crippen LogP contribution is 2.10. The van der Waals surface area contributed by atoms with Crippen LogP contribution in [0.5, 0.6) is 0 Å². The van der Waals surface area contributed by atoms with Crippen LogP contribution in [0.2, 0.25) is 0 Å². The van der Waals surface area contributed by atoms with Crippen molar-refractivity contribution in [1.29, 1.82) is 0 Å². The second-order valence-electron chi connectivity index (χ2n) is 6.31. The standard InChI is InChI=1S/C15H32N2O/c1-12(2)6-7-13(3)16-8-9-17-10-15(5)18-11-14(17)4/h12-16H,6-11H2,1-5H3. The second-order valence-corrected chi connectivity index (χ2v) is 6.31. The molecule has 0 aromatic carbocycles. The van der Waals surface area contributed by atoms with E-state index in [1.165, 1.54) is 12.8 Å². The summed E-state index contributed by atoms with van der Waals surface area (Å²) in [6.07, 6.45) is 2.99. The van der Waals surface area contributed by atoms with Gasteiger partial charge in [0.25, 0.3) is 0 Å². The number of ether oxygens (including phenoxy) is 1. The maximum atomic E-state index is 5.65. The molecule has 3 unspecified atom stereocenters. The van der Waals surface area contributed by atoms with E-state index in [0.29, 0.717) is 18.2 Å². The van der Waals surface area contributed by atoms with Crippen LogP contribution in [0.15, 0.2) is 0 Å². The van der Waals surface area contributed by atoms with E-state index in [0.717, 1.165) is 32.2 Å². The maximum absolute atomic E-state index is 5.65. The van der Waals surface area contributed by atoms with Crippen LogP contribution < -0.4 is 5.32 Å². The third-order valence-corrected chi connectivity index (χ3v) is 3.81. The lowest BCUT2D eigenvalue weighted by Crippen LogP contribution is -2.49. The summed E-state index contributed by atoms with van der Waals surface area (Å²) in [5.74, 6) is 0.814. The Morgan fingerprint density at radius 1 is 1.22 bits per heavy atom. The largest absolute Gasteiger partial charge is 0.376 e. The minimum atomic E-state index is 0.388. The van der Waals surface area contributed by atoms with Crippen molar-refractivity contribution in [2.45, 2.75) is 65.6 Å². The van der Waals surface area contributed by atoms with Crippen LogP contribution in [0.3, 0.4) is 0 Å². The summed E-state index contributed by atoms with van der Waals surface area (Å²) in [4.78, 5) is 2.54. The Hall–Kier alpha value is -0.120. The first-order valence-corrected chi connectivity index (χ1v) is 7.58. The lowest BCUT2D eigenvalue weighted by molar-refractivity contribution is -0.0487. The second kappa shape index (κ2) is 8.13. The first-order valence-electron chi connectivity index (χ1n) is 7.58. The average molecular weight is 256 g/mol. The number of hydrogen-bond donors (Lipinski definition) is 1. The fraction of sp³-hybridized carbons (Fsp3) is 1.00. The summed E-state index contributed by atoms with van der Waals surface area (Å²) in [5, 5.41) is 3.64. The molecule has 1 aliphatic rings. The molecule has 108 valence electrons. The lowest BCUT2D eigenvalue weighted by atomic mass is 10.0. The number of morpholine rings is 1. The first kappa shape index (κ1) is 15.9. The molecule has 3 atom stereocenters. The van der Waals surface area contributed by atoms with Gasteiger partial charge in [0.2, 0.25) is 0 Å². The first-order chi connectivity index (χ1) is 8.49. The Morgan fingerprint density at radius 2 is 1.94 bits per heavy atom. The summed E-state index contributed by atoms with van der Waals surface area (Å²) in [6.45, 7) is 15.5. The Morgan fingerprint density at radius 3 is 2.61 bits per heavy atom. The zero-order valence-corrected chi connectivity index (χ0v) is 12.9. The van der Waals surface area contributed by atoms with Gasteiger partial charge in [-0.05, 0) is 39.5 Å². The lowest BCUT2D eigenvalue weighted by Gasteiger charge is -2.37. The Kier molecular flexibility index (Phi) is 7.20. The molecule has 0 aromatic rings. The molecule has 1 aliphatic heterocycles. The minimum Gasteiger partial charge on any atom is -0.376 e. The van der Waals surface area contributed by atoms with E-state index >= 15 is 0 Å². The van der Waals surface area contributed by atoms with Crippen LogP contribution in [0.25, 0.3) is 0 Å². The van der Waals surface area contributed by atoms with Gasteiger partial charge in [-0.2, -0.15) is 0 Å². The van der Waals surface area contributed by atoms with Crippen molar-refractivity contribution in [3.63, 3.8) is 0 Å². The van der Waals surface area contributed by atoms with Crippen LogP contribution in [-0.4, -0.2) is 49.3 Å². The van der Waals surface area contributed by atoms with Gasteiger partial charge in [0, 0.05) is 31.7 Å². The summed E-state index contributed by atoms with van der Waals surface area (Å²) in [7, 11) is 0. The summed E-state index contributed by atoms with van der Waals surface area (Å²) >= 11 is 0. The maximum Gasteiger partial charge on any atom is 0.0674 e. The predicted octanol–water partition coefficient (Wildman–Crippen LogP) is 2.51. The fourth-order valence-electron chi connectivity index (χ4n) is 2.42. The van der Waals surface area contributed by atoms with E-state index in [4.69, 9.17) is 4.74 Å². The van der Waals surface area contributed by atoms with Gasteiger partial charge in [0.05, 0.1) is 12.7 Å². The van der Waals surface area contributed by atoms with Gasteiger partial charge in [-0.15, -0.1) is 0 Å². The molecule has 0 spiro atoms. The van der Waals surface area contributed by atoms with E-state index in [1.54, 1.807) is 0 Å². The molecular weight excluding hydrogens is 224 g/mol. The van der Waals surface area contributed by atoms with Gasteiger partial charge in [-0.25, -0.2) is 0 Å². The molecule has 1 N–H and O–H groups in total.